The number of aromatic nitrogens is 2. The summed E-state index contributed by atoms with van der Waals surface area (Å²) in [5.74, 6) is 3.18. The molecule has 1 aromatic heterocycles. The van der Waals surface area contributed by atoms with E-state index in [-0.39, 0.29) is 0 Å². The number of benzene rings is 1. The van der Waals surface area contributed by atoms with Crippen LogP contribution >= 0.6 is 0 Å². The zero-order valence-electron chi connectivity index (χ0n) is 14.2. The molecule has 5 nitrogen and oxygen atoms in total. The lowest BCUT2D eigenvalue weighted by molar-refractivity contribution is 0.342. The Labute approximate surface area is 138 Å². The van der Waals surface area contributed by atoms with E-state index in [0.29, 0.717) is 6.61 Å². The van der Waals surface area contributed by atoms with Crippen LogP contribution in [0.4, 0.5) is 17.3 Å². The molecule has 0 unspecified atom stereocenters. The number of hydrogen-bond donors (Lipinski definition) is 2. The number of ether oxygens (including phenoxy) is 1. The molecule has 0 fully saturated rings. The van der Waals surface area contributed by atoms with E-state index in [9.17, 15) is 0 Å². The molecule has 2 aromatic rings. The summed E-state index contributed by atoms with van der Waals surface area (Å²) in [6.07, 6.45) is 3.59. The lowest BCUT2D eigenvalue weighted by Gasteiger charge is -2.13. The first-order valence-corrected chi connectivity index (χ1v) is 8.31. The van der Waals surface area contributed by atoms with Crippen molar-refractivity contribution >= 4 is 17.3 Å². The minimum atomic E-state index is 0.631. The first kappa shape index (κ1) is 17.1. The number of rotatable bonds is 9. The van der Waals surface area contributed by atoms with Crippen LogP contribution in [0, 0.1) is 6.92 Å². The number of unbranched alkanes of at least 4 members (excludes halogenated alkanes) is 2. The number of nitrogens with one attached hydrogen (secondary N) is 2. The summed E-state index contributed by atoms with van der Waals surface area (Å²) in [7, 11) is 0. The molecule has 0 aliphatic carbocycles. The SMILES string of the molecule is CCCCCNc1cc(Nc2ccccc2OCC)nc(C)n1. The summed E-state index contributed by atoms with van der Waals surface area (Å²) < 4.78 is 5.64. The van der Waals surface area contributed by atoms with Gasteiger partial charge in [0.1, 0.15) is 23.2 Å². The summed E-state index contributed by atoms with van der Waals surface area (Å²) in [5, 5.41) is 6.69. The van der Waals surface area contributed by atoms with E-state index in [0.717, 1.165) is 41.9 Å². The molecule has 0 amide bonds. The topological polar surface area (TPSA) is 59.1 Å². The highest BCUT2D eigenvalue weighted by Gasteiger charge is 2.06. The quantitative estimate of drug-likeness (QED) is 0.666. The van der Waals surface area contributed by atoms with Crippen LogP contribution < -0.4 is 15.4 Å². The Balaban J connectivity index is 2.09. The van der Waals surface area contributed by atoms with Gasteiger partial charge in [0.2, 0.25) is 0 Å². The van der Waals surface area contributed by atoms with Crippen LogP contribution in [-0.4, -0.2) is 23.1 Å². The smallest absolute Gasteiger partial charge is 0.142 e. The van der Waals surface area contributed by atoms with Crippen LogP contribution in [0.3, 0.4) is 0 Å². The Bertz CT molecular complexity index is 616. The molecule has 0 aliphatic rings. The van der Waals surface area contributed by atoms with Gasteiger partial charge >= 0.3 is 0 Å². The van der Waals surface area contributed by atoms with E-state index in [2.05, 4.69) is 27.5 Å². The molecule has 0 atom stereocenters. The molecule has 0 saturated carbocycles. The van der Waals surface area contributed by atoms with Crippen LogP contribution in [0.1, 0.15) is 38.9 Å². The van der Waals surface area contributed by atoms with Crippen LogP contribution in [0.15, 0.2) is 30.3 Å². The van der Waals surface area contributed by atoms with Crippen LogP contribution in [-0.2, 0) is 0 Å². The van der Waals surface area contributed by atoms with E-state index in [4.69, 9.17) is 4.74 Å². The van der Waals surface area contributed by atoms with Crippen molar-refractivity contribution in [3.63, 3.8) is 0 Å². The Morgan fingerprint density at radius 3 is 2.61 bits per heavy atom. The van der Waals surface area contributed by atoms with Gasteiger partial charge in [0.05, 0.1) is 12.3 Å². The third kappa shape index (κ3) is 5.43. The second kappa shape index (κ2) is 8.98. The number of anilines is 3. The molecule has 124 valence electrons. The highest BCUT2D eigenvalue weighted by molar-refractivity contribution is 5.65. The molecule has 1 aromatic carbocycles. The van der Waals surface area contributed by atoms with Crippen molar-refractivity contribution in [1.29, 1.82) is 0 Å². The maximum absolute atomic E-state index is 5.64. The normalized spacial score (nSPS) is 10.4. The fourth-order valence-corrected chi connectivity index (χ4v) is 2.30. The number of aryl methyl sites for hydroxylation is 1. The Hall–Kier alpha value is -2.30. The fraction of sp³-hybridized carbons (Fsp3) is 0.444. The minimum Gasteiger partial charge on any atom is -0.492 e. The van der Waals surface area contributed by atoms with Gasteiger partial charge in [-0.1, -0.05) is 31.9 Å². The van der Waals surface area contributed by atoms with Gasteiger partial charge in [-0.15, -0.1) is 0 Å². The Morgan fingerprint density at radius 1 is 1.04 bits per heavy atom. The van der Waals surface area contributed by atoms with Crippen LogP contribution in [0.25, 0.3) is 0 Å². The van der Waals surface area contributed by atoms with Gasteiger partial charge in [-0.25, -0.2) is 9.97 Å². The highest BCUT2D eigenvalue weighted by atomic mass is 16.5. The molecule has 0 spiro atoms. The van der Waals surface area contributed by atoms with Crippen molar-refractivity contribution in [3.8, 4) is 5.75 Å². The zero-order chi connectivity index (χ0) is 16.5. The summed E-state index contributed by atoms with van der Waals surface area (Å²) in [6.45, 7) is 7.64. The Kier molecular flexibility index (Phi) is 6.66. The molecular formula is C18H26N4O. The third-order valence-electron chi connectivity index (χ3n) is 3.37. The predicted octanol–water partition coefficient (Wildman–Crippen LogP) is 4.53. The standard InChI is InChI=1S/C18H26N4O/c1-4-6-9-12-19-17-13-18(21-14(3)20-17)22-15-10-7-8-11-16(15)23-5-2/h7-8,10-11,13H,4-6,9,12H2,1-3H3,(H2,19,20,21,22). The van der Waals surface area contributed by atoms with E-state index in [1.165, 1.54) is 12.8 Å². The van der Waals surface area contributed by atoms with Gasteiger partial charge in [-0.05, 0) is 32.4 Å². The number of para-hydroxylation sites is 2. The lowest BCUT2D eigenvalue weighted by atomic mass is 10.2. The first-order valence-electron chi connectivity index (χ1n) is 8.31. The van der Waals surface area contributed by atoms with Gasteiger partial charge in [-0.2, -0.15) is 0 Å². The molecule has 0 bridgehead atoms. The highest BCUT2D eigenvalue weighted by Crippen LogP contribution is 2.27. The summed E-state index contributed by atoms with van der Waals surface area (Å²) in [6, 6.07) is 9.80. The Morgan fingerprint density at radius 2 is 1.83 bits per heavy atom. The number of hydrogen-bond acceptors (Lipinski definition) is 5. The van der Waals surface area contributed by atoms with Crippen molar-refractivity contribution in [2.75, 3.05) is 23.8 Å². The van der Waals surface area contributed by atoms with Crippen molar-refractivity contribution in [1.82, 2.24) is 9.97 Å². The molecular weight excluding hydrogens is 288 g/mol. The summed E-state index contributed by atoms with van der Waals surface area (Å²) >= 11 is 0. The van der Waals surface area contributed by atoms with Crippen LogP contribution in [0.5, 0.6) is 5.75 Å². The minimum absolute atomic E-state index is 0.631. The molecule has 0 radical (unpaired) electrons. The van der Waals surface area contributed by atoms with E-state index in [1.54, 1.807) is 0 Å². The number of nitrogens with zero attached hydrogens (tertiary/aromatic N) is 2. The van der Waals surface area contributed by atoms with Gasteiger partial charge in [0.15, 0.2) is 0 Å². The second-order valence-electron chi connectivity index (χ2n) is 5.37. The molecule has 1 heterocycles. The van der Waals surface area contributed by atoms with Gasteiger partial charge in [0.25, 0.3) is 0 Å². The third-order valence-corrected chi connectivity index (χ3v) is 3.37. The fourth-order valence-electron chi connectivity index (χ4n) is 2.30. The zero-order valence-corrected chi connectivity index (χ0v) is 14.2. The molecule has 2 rings (SSSR count). The van der Waals surface area contributed by atoms with Crippen molar-refractivity contribution in [2.45, 2.75) is 40.0 Å². The van der Waals surface area contributed by atoms with E-state index in [1.807, 2.05) is 44.2 Å². The van der Waals surface area contributed by atoms with Crippen molar-refractivity contribution in [3.05, 3.63) is 36.2 Å². The van der Waals surface area contributed by atoms with Crippen LogP contribution in [0.2, 0.25) is 0 Å². The maximum atomic E-state index is 5.64. The molecule has 2 N–H and O–H groups in total. The van der Waals surface area contributed by atoms with E-state index >= 15 is 0 Å². The summed E-state index contributed by atoms with van der Waals surface area (Å²) in [5.41, 5.74) is 0.907. The largest absolute Gasteiger partial charge is 0.492 e. The summed E-state index contributed by atoms with van der Waals surface area (Å²) in [4.78, 5) is 8.90. The monoisotopic (exact) mass is 314 g/mol. The molecule has 23 heavy (non-hydrogen) atoms. The van der Waals surface area contributed by atoms with Gasteiger partial charge in [0, 0.05) is 12.6 Å². The van der Waals surface area contributed by atoms with Crippen molar-refractivity contribution < 1.29 is 4.74 Å². The second-order valence-corrected chi connectivity index (χ2v) is 5.37. The molecule has 5 heteroatoms. The lowest BCUT2D eigenvalue weighted by Crippen LogP contribution is -2.06. The maximum Gasteiger partial charge on any atom is 0.142 e. The molecule has 0 aliphatic heterocycles. The molecule has 0 saturated heterocycles. The van der Waals surface area contributed by atoms with E-state index < -0.39 is 0 Å². The van der Waals surface area contributed by atoms with Gasteiger partial charge < -0.3 is 15.4 Å². The average Bonchev–Trinajstić information content (AvgIpc) is 2.53. The first-order chi connectivity index (χ1) is 11.2. The van der Waals surface area contributed by atoms with Crippen molar-refractivity contribution in [2.24, 2.45) is 0 Å². The predicted molar refractivity (Wildman–Crippen MR) is 95.7 cm³/mol. The average molecular weight is 314 g/mol. The van der Waals surface area contributed by atoms with Gasteiger partial charge in [-0.3, -0.25) is 0 Å².